The van der Waals surface area contributed by atoms with Gasteiger partial charge < -0.3 is 14.3 Å². The van der Waals surface area contributed by atoms with E-state index in [0.717, 1.165) is 22.4 Å². The molecule has 0 bridgehead atoms. The first-order chi connectivity index (χ1) is 11.6. The van der Waals surface area contributed by atoms with Crippen molar-refractivity contribution in [1.29, 1.82) is 0 Å². The Morgan fingerprint density at radius 2 is 1.88 bits per heavy atom. The van der Waals surface area contributed by atoms with Crippen LogP contribution in [0.4, 0.5) is 0 Å². The van der Waals surface area contributed by atoms with Crippen molar-refractivity contribution in [2.24, 2.45) is 0 Å². The van der Waals surface area contributed by atoms with E-state index >= 15 is 0 Å². The molecule has 1 atom stereocenters. The number of methoxy groups -OCH3 is 1. The molecule has 3 rings (SSSR count). The van der Waals surface area contributed by atoms with E-state index in [-0.39, 0.29) is 5.89 Å². The van der Waals surface area contributed by atoms with Crippen LogP contribution in [-0.2, 0) is 4.79 Å². The number of hydrogen-bond donors (Lipinski definition) is 2. The minimum Gasteiger partial charge on any atom is -0.497 e. The second-order valence-corrected chi connectivity index (χ2v) is 5.63. The maximum absolute atomic E-state index is 11.0. The lowest BCUT2D eigenvalue weighted by atomic mass is 10.0. The van der Waals surface area contributed by atoms with E-state index < -0.39 is 11.2 Å². The monoisotopic (exact) mass is 341 g/mol. The zero-order chi connectivity index (χ0) is 17.1. The molecule has 0 spiro atoms. The Morgan fingerprint density at radius 1 is 1.17 bits per heavy atom. The van der Waals surface area contributed by atoms with E-state index in [1.165, 1.54) is 6.20 Å². The first kappa shape index (κ1) is 16.1. The third-order valence-corrected chi connectivity index (χ3v) is 4.00. The molecule has 1 N–H and O–H groups in total. The van der Waals surface area contributed by atoms with Crippen LogP contribution in [-0.4, -0.2) is 23.2 Å². The number of rotatable bonds is 5. The topological polar surface area (TPSA) is 72.6 Å². The molecule has 1 heterocycles. The van der Waals surface area contributed by atoms with Crippen molar-refractivity contribution < 1.29 is 19.1 Å². The van der Waals surface area contributed by atoms with Crippen LogP contribution in [0.25, 0.3) is 22.5 Å². The van der Waals surface area contributed by atoms with Crippen LogP contribution < -0.4 is 4.74 Å². The Kier molecular flexibility index (Phi) is 4.57. The number of oxazole rings is 1. The summed E-state index contributed by atoms with van der Waals surface area (Å²) in [6.45, 7) is 0. The van der Waals surface area contributed by atoms with E-state index in [4.69, 9.17) is 14.3 Å². The molecule has 1 aromatic heterocycles. The van der Waals surface area contributed by atoms with Gasteiger partial charge in [-0.3, -0.25) is 4.79 Å². The van der Waals surface area contributed by atoms with Crippen molar-refractivity contribution in [2.75, 3.05) is 7.11 Å². The smallest absolute Gasteiger partial charge is 0.325 e. The highest BCUT2D eigenvalue weighted by Gasteiger charge is 2.21. The van der Waals surface area contributed by atoms with Crippen LogP contribution in [0, 0.1) is 0 Å². The highest BCUT2D eigenvalue weighted by Crippen LogP contribution is 2.30. The van der Waals surface area contributed by atoms with Gasteiger partial charge in [0.2, 0.25) is 5.89 Å². The number of thiol groups is 1. The predicted octanol–water partition coefficient (Wildman–Crippen LogP) is 4.07. The van der Waals surface area contributed by atoms with Gasteiger partial charge >= 0.3 is 5.97 Å². The molecule has 0 aliphatic rings. The molecule has 0 saturated heterocycles. The van der Waals surface area contributed by atoms with Gasteiger partial charge in [0.15, 0.2) is 11.0 Å². The molecule has 0 fully saturated rings. The van der Waals surface area contributed by atoms with Crippen molar-refractivity contribution in [1.82, 2.24) is 4.98 Å². The minimum atomic E-state index is -1.10. The lowest BCUT2D eigenvalue weighted by Crippen LogP contribution is -2.04. The van der Waals surface area contributed by atoms with Crippen LogP contribution in [0.2, 0.25) is 0 Å². The van der Waals surface area contributed by atoms with Crippen molar-refractivity contribution in [3.63, 3.8) is 0 Å². The Labute approximate surface area is 144 Å². The van der Waals surface area contributed by atoms with Gasteiger partial charge in [-0.25, -0.2) is 4.98 Å². The number of nitrogens with zero attached hydrogens (tertiary/aromatic N) is 1. The minimum absolute atomic E-state index is 0.0654. The molecule has 24 heavy (non-hydrogen) atoms. The van der Waals surface area contributed by atoms with E-state index in [0.29, 0.717) is 5.76 Å². The lowest BCUT2D eigenvalue weighted by Gasteiger charge is -2.05. The second kappa shape index (κ2) is 6.80. The quantitative estimate of drug-likeness (QED) is 0.684. The first-order valence-corrected chi connectivity index (χ1v) is 7.71. The standard InChI is InChI=1S/C18H15NO4S/c1-22-14-7-5-11(6-8-14)12-3-2-4-13(9-12)15-10-19-17(23-15)16(24)18(20)21/h2-10,16,24H,1H3,(H,20,21). The lowest BCUT2D eigenvalue weighted by molar-refractivity contribution is -0.136. The molecule has 1 unspecified atom stereocenters. The van der Waals surface area contributed by atoms with E-state index in [1.54, 1.807) is 7.11 Å². The Bertz CT molecular complexity index is 857. The number of carboxylic acid groups (broad SMARTS) is 1. The average Bonchev–Trinajstić information content (AvgIpc) is 3.11. The second-order valence-electron chi connectivity index (χ2n) is 5.11. The summed E-state index contributed by atoms with van der Waals surface area (Å²) in [5, 5.41) is 7.88. The van der Waals surface area contributed by atoms with Gasteiger partial charge in [0, 0.05) is 5.56 Å². The zero-order valence-electron chi connectivity index (χ0n) is 12.8. The van der Waals surface area contributed by atoms with Crippen molar-refractivity contribution >= 4 is 18.6 Å². The molecule has 6 heteroatoms. The van der Waals surface area contributed by atoms with Crippen LogP contribution in [0.15, 0.2) is 59.1 Å². The molecular weight excluding hydrogens is 326 g/mol. The first-order valence-electron chi connectivity index (χ1n) is 7.20. The molecule has 5 nitrogen and oxygen atoms in total. The Morgan fingerprint density at radius 3 is 2.54 bits per heavy atom. The molecule has 0 amide bonds. The normalized spacial score (nSPS) is 11.9. The van der Waals surface area contributed by atoms with Gasteiger partial charge in [-0.15, -0.1) is 0 Å². The summed E-state index contributed by atoms with van der Waals surface area (Å²) in [6, 6.07) is 15.5. The van der Waals surface area contributed by atoms with Crippen LogP contribution in [0.1, 0.15) is 11.1 Å². The van der Waals surface area contributed by atoms with Crippen molar-refractivity contribution in [2.45, 2.75) is 5.25 Å². The number of carboxylic acids is 1. The molecule has 0 radical (unpaired) electrons. The van der Waals surface area contributed by atoms with Crippen LogP contribution >= 0.6 is 12.6 Å². The van der Waals surface area contributed by atoms with Crippen LogP contribution in [0.5, 0.6) is 5.75 Å². The predicted molar refractivity (Wildman–Crippen MR) is 93.3 cm³/mol. The summed E-state index contributed by atoms with van der Waals surface area (Å²) in [7, 11) is 1.63. The average molecular weight is 341 g/mol. The fraction of sp³-hybridized carbons (Fsp3) is 0.111. The molecule has 2 aromatic carbocycles. The molecule has 0 saturated carbocycles. The van der Waals surface area contributed by atoms with Gasteiger partial charge in [0.1, 0.15) is 5.75 Å². The summed E-state index contributed by atoms with van der Waals surface area (Å²) in [5.74, 6) is 0.262. The Hall–Kier alpha value is -2.73. The Balaban J connectivity index is 1.91. The summed E-state index contributed by atoms with van der Waals surface area (Å²) in [6.07, 6.45) is 1.51. The van der Waals surface area contributed by atoms with Gasteiger partial charge in [-0.1, -0.05) is 30.3 Å². The summed E-state index contributed by atoms with van der Waals surface area (Å²) in [4.78, 5) is 14.9. The van der Waals surface area contributed by atoms with Crippen LogP contribution in [0.3, 0.4) is 0 Å². The van der Waals surface area contributed by atoms with Gasteiger partial charge in [-0.05, 0) is 29.3 Å². The van der Waals surface area contributed by atoms with Crippen molar-refractivity contribution in [3.8, 4) is 28.2 Å². The molecule has 122 valence electrons. The van der Waals surface area contributed by atoms with Gasteiger partial charge in [0.25, 0.3) is 0 Å². The van der Waals surface area contributed by atoms with E-state index in [2.05, 4.69) is 17.6 Å². The molecule has 3 aromatic rings. The number of hydrogen-bond acceptors (Lipinski definition) is 5. The number of carbonyl (C=O) groups is 1. The number of aliphatic carboxylic acids is 1. The molecule has 0 aliphatic carbocycles. The van der Waals surface area contributed by atoms with Gasteiger partial charge in [-0.2, -0.15) is 12.6 Å². The molecule has 0 aliphatic heterocycles. The summed E-state index contributed by atoms with van der Waals surface area (Å²) in [5.41, 5.74) is 2.86. The van der Waals surface area contributed by atoms with E-state index in [1.807, 2.05) is 48.5 Å². The zero-order valence-corrected chi connectivity index (χ0v) is 13.7. The molecular formula is C18H15NO4S. The maximum Gasteiger partial charge on any atom is 0.325 e. The summed E-state index contributed by atoms with van der Waals surface area (Å²) >= 11 is 3.97. The highest BCUT2D eigenvalue weighted by molar-refractivity contribution is 7.81. The fourth-order valence-corrected chi connectivity index (χ4v) is 2.41. The van der Waals surface area contributed by atoms with E-state index in [9.17, 15) is 4.79 Å². The van der Waals surface area contributed by atoms with Crippen molar-refractivity contribution in [3.05, 3.63) is 60.6 Å². The number of benzene rings is 2. The fourth-order valence-electron chi connectivity index (χ4n) is 2.29. The largest absolute Gasteiger partial charge is 0.497 e. The number of aromatic nitrogens is 1. The number of ether oxygens (including phenoxy) is 1. The highest BCUT2D eigenvalue weighted by atomic mass is 32.1. The van der Waals surface area contributed by atoms with Gasteiger partial charge in [0.05, 0.1) is 13.3 Å². The maximum atomic E-state index is 11.0. The third kappa shape index (κ3) is 3.28. The summed E-state index contributed by atoms with van der Waals surface area (Å²) < 4.78 is 10.7. The third-order valence-electron chi connectivity index (χ3n) is 3.56. The SMILES string of the molecule is COc1ccc(-c2cccc(-c3cnc(C(S)C(=O)O)o3)c2)cc1.